The van der Waals surface area contributed by atoms with Crippen molar-refractivity contribution in [3.63, 3.8) is 0 Å². The molecule has 0 spiro atoms. The van der Waals surface area contributed by atoms with E-state index in [2.05, 4.69) is 15.7 Å². The van der Waals surface area contributed by atoms with Crippen LogP contribution in [0, 0.1) is 13.8 Å². The summed E-state index contributed by atoms with van der Waals surface area (Å²) < 4.78 is 7.06. The quantitative estimate of drug-likeness (QED) is 0.671. The highest BCUT2D eigenvalue weighted by atomic mass is 16.3. The number of amides is 2. The van der Waals surface area contributed by atoms with E-state index in [0.717, 1.165) is 17.0 Å². The molecule has 2 amide bonds. The lowest BCUT2D eigenvalue weighted by atomic mass is 10.1. The maximum atomic E-state index is 12.2. The number of hydrogen-bond acceptors (Lipinski definition) is 4. The van der Waals surface area contributed by atoms with Crippen LogP contribution < -0.4 is 10.6 Å². The first-order valence-corrected chi connectivity index (χ1v) is 8.68. The molecule has 3 aromatic rings. The Hall–Kier alpha value is -3.35. The van der Waals surface area contributed by atoms with Crippen molar-refractivity contribution in [3.8, 4) is 0 Å². The Kier molecular flexibility index (Phi) is 5.71. The zero-order chi connectivity index (χ0) is 19.2. The second-order valence-corrected chi connectivity index (χ2v) is 6.32. The zero-order valence-corrected chi connectivity index (χ0v) is 15.4. The molecule has 2 N–H and O–H groups in total. The molecule has 0 unspecified atom stereocenters. The highest BCUT2D eigenvalue weighted by molar-refractivity contribution is 5.96. The van der Waals surface area contributed by atoms with Crippen molar-refractivity contribution in [1.29, 1.82) is 0 Å². The topological polar surface area (TPSA) is 89.2 Å². The Morgan fingerprint density at radius 1 is 1.11 bits per heavy atom. The fourth-order valence-corrected chi connectivity index (χ4v) is 2.69. The summed E-state index contributed by atoms with van der Waals surface area (Å²) in [5, 5.41) is 9.72. The van der Waals surface area contributed by atoms with Gasteiger partial charge in [-0.2, -0.15) is 5.10 Å². The first kappa shape index (κ1) is 18.4. The summed E-state index contributed by atoms with van der Waals surface area (Å²) in [6.07, 6.45) is 1.54. The van der Waals surface area contributed by atoms with Gasteiger partial charge < -0.3 is 15.1 Å². The van der Waals surface area contributed by atoms with E-state index in [4.69, 9.17) is 4.42 Å². The second kappa shape index (κ2) is 8.35. The minimum atomic E-state index is -0.291. The molecule has 27 heavy (non-hydrogen) atoms. The van der Waals surface area contributed by atoms with Crippen LogP contribution in [0.1, 0.15) is 33.1 Å². The molecule has 0 aliphatic rings. The summed E-state index contributed by atoms with van der Waals surface area (Å²) in [6.45, 7) is 4.83. The number of carbonyl (C=O) groups excluding carboxylic acids is 2. The van der Waals surface area contributed by atoms with E-state index in [9.17, 15) is 9.59 Å². The highest BCUT2D eigenvalue weighted by Gasteiger charge is 2.09. The minimum Gasteiger partial charge on any atom is -0.467 e. The molecule has 0 bridgehead atoms. The number of aromatic nitrogens is 2. The molecule has 7 heteroatoms. The molecule has 0 aliphatic heterocycles. The lowest BCUT2D eigenvalue weighted by Gasteiger charge is -2.08. The van der Waals surface area contributed by atoms with Crippen molar-refractivity contribution >= 4 is 11.8 Å². The largest absolute Gasteiger partial charge is 0.467 e. The summed E-state index contributed by atoms with van der Waals surface area (Å²) in [5.41, 5.74) is 3.63. The minimum absolute atomic E-state index is 0.0902. The standard InChI is InChI=1S/C20H22N4O3/c1-14-10-15(2)24(23-14)13-16-5-7-17(8-6-16)20(26)22-12-19(25)21-11-18-4-3-9-27-18/h3-10H,11-13H2,1-2H3,(H,21,25)(H,22,26). The van der Waals surface area contributed by atoms with Crippen LogP contribution in [-0.4, -0.2) is 28.1 Å². The van der Waals surface area contributed by atoms with Crippen LogP contribution >= 0.6 is 0 Å². The lowest BCUT2D eigenvalue weighted by Crippen LogP contribution is -2.36. The zero-order valence-electron chi connectivity index (χ0n) is 15.4. The van der Waals surface area contributed by atoms with Gasteiger partial charge in [0.2, 0.25) is 5.91 Å². The van der Waals surface area contributed by atoms with E-state index >= 15 is 0 Å². The van der Waals surface area contributed by atoms with Crippen LogP contribution in [0.5, 0.6) is 0 Å². The van der Waals surface area contributed by atoms with Gasteiger partial charge in [-0.05, 0) is 49.7 Å². The third-order valence-corrected chi connectivity index (χ3v) is 4.10. The lowest BCUT2D eigenvalue weighted by molar-refractivity contribution is -0.120. The summed E-state index contributed by atoms with van der Waals surface area (Å²) in [6, 6.07) is 12.8. The number of rotatable bonds is 7. The second-order valence-electron chi connectivity index (χ2n) is 6.32. The van der Waals surface area contributed by atoms with Crippen LogP contribution in [0.2, 0.25) is 0 Å². The average molecular weight is 366 g/mol. The molecule has 7 nitrogen and oxygen atoms in total. The van der Waals surface area contributed by atoms with Gasteiger partial charge >= 0.3 is 0 Å². The summed E-state index contributed by atoms with van der Waals surface area (Å²) in [5.74, 6) is 0.0922. The Morgan fingerprint density at radius 2 is 1.89 bits per heavy atom. The van der Waals surface area contributed by atoms with Crippen molar-refractivity contribution in [2.75, 3.05) is 6.54 Å². The van der Waals surface area contributed by atoms with Crippen LogP contribution in [0.25, 0.3) is 0 Å². The molecular weight excluding hydrogens is 344 g/mol. The number of hydrogen-bond donors (Lipinski definition) is 2. The molecule has 3 rings (SSSR count). The highest BCUT2D eigenvalue weighted by Crippen LogP contribution is 2.09. The molecule has 0 atom stereocenters. The maximum absolute atomic E-state index is 12.2. The number of furan rings is 1. The van der Waals surface area contributed by atoms with Crippen LogP contribution in [0.15, 0.2) is 53.1 Å². The Bertz CT molecular complexity index is 911. The molecule has 1 aromatic carbocycles. The van der Waals surface area contributed by atoms with E-state index in [1.54, 1.807) is 30.5 Å². The molecule has 0 aliphatic carbocycles. The van der Waals surface area contributed by atoms with E-state index in [1.165, 1.54) is 0 Å². The molecule has 140 valence electrons. The van der Waals surface area contributed by atoms with Crippen LogP contribution in [-0.2, 0) is 17.9 Å². The number of carbonyl (C=O) groups is 2. The number of benzene rings is 1. The van der Waals surface area contributed by atoms with Gasteiger partial charge in [0.25, 0.3) is 5.91 Å². The summed E-state index contributed by atoms with van der Waals surface area (Å²) in [7, 11) is 0. The first-order valence-electron chi connectivity index (χ1n) is 8.68. The monoisotopic (exact) mass is 366 g/mol. The molecule has 0 fully saturated rings. The van der Waals surface area contributed by atoms with Gasteiger partial charge in [-0.25, -0.2) is 0 Å². The molecule has 0 saturated carbocycles. The molecule has 0 saturated heterocycles. The van der Waals surface area contributed by atoms with Gasteiger partial charge in [0, 0.05) is 11.3 Å². The Labute approximate surface area is 157 Å². The van der Waals surface area contributed by atoms with Gasteiger partial charge in [-0.15, -0.1) is 0 Å². The van der Waals surface area contributed by atoms with Crippen molar-refractivity contribution in [2.45, 2.75) is 26.9 Å². The van der Waals surface area contributed by atoms with E-state index in [-0.39, 0.29) is 18.4 Å². The van der Waals surface area contributed by atoms with Crippen molar-refractivity contribution in [1.82, 2.24) is 20.4 Å². The average Bonchev–Trinajstić information content (AvgIpc) is 3.28. The summed E-state index contributed by atoms with van der Waals surface area (Å²) in [4.78, 5) is 24.0. The van der Waals surface area contributed by atoms with Crippen LogP contribution in [0.4, 0.5) is 0 Å². The van der Waals surface area contributed by atoms with Crippen molar-refractivity contribution < 1.29 is 14.0 Å². The third kappa shape index (κ3) is 5.07. The van der Waals surface area contributed by atoms with Gasteiger partial charge in [-0.3, -0.25) is 14.3 Å². The van der Waals surface area contributed by atoms with Crippen LogP contribution in [0.3, 0.4) is 0 Å². The van der Waals surface area contributed by atoms with Gasteiger partial charge in [0.1, 0.15) is 5.76 Å². The predicted octanol–water partition coefficient (Wildman–Crippen LogP) is 2.19. The fraction of sp³-hybridized carbons (Fsp3) is 0.250. The van der Waals surface area contributed by atoms with E-state index in [1.807, 2.05) is 36.7 Å². The number of aryl methyl sites for hydroxylation is 2. The fourth-order valence-electron chi connectivity index (χ4n) is 2.69. The molecule has 2 heterocycles. The normalized spacial score (nSPS) is 10.6. The summed E-state index contributed by atoms with van der Waals surface area (Å²) >= 11 is 0. The molecular formula is C20H22N4O3. The van der Waals surface area contributed by atoms with Crippen molar-refractivity contribution in [3.05, 3.63) is 77.0 Å². The smallest absolute Gasteiger partial charge is 0.251 e. The molecule has 0 radical (unpaired) electrons. The Morgan fingerprint density at radius 3 is 2.52 bits per heavy atom. The predicted molar refractivity (Wildman–Crippen MR) is 100 cm³/mol. The maximum Gasteiger partial charge on any atom is 0.251 e. The Balaban J connectivity index is 1.48. The SMILES string of the molecule is Cc1cc(C)n(Cc2ccc(C(=O)NCC(=O)NCc3ccco3)cc2)n1. The third-order valence-electron chi connectivity index (χ3n) is 4.10. The van der Waals surface area contributed by atoms with Gasteiger partial charge in [0.15, 0.2) is 0 Å². The number of nitrogens with zero attached hydrogens (tertiary/aromatic N) is 2. The van der Waals surface area contributed by atoms with Crippen molar-refractivity contribution in [2.24, 2.45) is 0 Å². The van der Waals surface area contributed by atoms with Gasteiger partial charge in [0.05, 0.1) is 31.6 Å². The van der Waals surface area contributed by atoms with E-state index in [0.29, 0.717) is 24.4 Å². The number of nitrogens with one attached hydrogen (secondary N) is 2. The first-order chi connectivity index (χ1) is 13.0. The van der Waals surface area contributed by atoms with Gasteiger partial charge in [-0.1, -0.05) is 12.1 Å². The van der Waals surface area contributed by atoms with E-state index < -0.39 is 0 Å². The molecule has 2 aromatic heterocycles.